The van der Waals surface area contributed by atoms with Crippen molar-refractivity contribution in [2.24, 2.45) is 0 Å². The monoisotopic (exact) mass is 421 g/mol. The van der Waals surface area contributed by atoms with Crippen LogP contribution in [-0.2, 0) is 17.6 Å². The van der Waals surface area contributed by atoms with Gasteiger partial charge in [0, 0.05) is 36.7 Å². The normalized spacial score (nSPS) is 13.7. The predicted octanol–water partition coefficient (Wildman–Crippen LogP) is 4.23. The highest BCUT2D eigenvalue weighted by Gasteiger charge is 2.29. The molecule has 0 unspecified atom stereocenters. The van der Waals surface area contributed by atoms with Gasteiger partial charge in [-0.05, 0) is 53.6 Å². The summed E-state index contributed by atoms with van der Waals surface area (Å²) in [5.41, 5.74) is 3.40. The second kappa shape index (κ2) is 7.57. The molecule has 0 bridgehead atoms. The summed E-state index contributed by atoms with van der Waals surface area (Å²) in [5.74, 6) is 0.572. The fraction of sp³-hybridized carbons (Fsp3) is 0.227. The lowest BCUT2D eigenvalue weighted by molar-refractivity contribution is -0.117. The fourth-order valence-corrected chi connectivity index (χ4v) is 4.03. The summed E-state index contributed by atoms with van der Waals surface area (Å²) in [7, 11) is 0. The maximum Gasteiger partial charge on any atom is 0.193 e. The number of ketones is 1. The third-order valence-electron chi connectivity index (χ3n) is 5.22. The molecule has 3 heterocycles. The summed E-state index contributed by atoms with van der Waals surface area (Å²) in [6.07, 6.45) is 9.06. The minimum atomic E-state index is -0.307. The molecule has 1 fully saturated rings. The Morgan fingerprint density at radius 3 is 2.63 bits per heavy atom. The molecule has 6 nitrogen and oxygen atoms in total. The van der Waals surface area contributed by atoms with Crippen molar-refractivity contribution < 1.29 is 9.18 Å². The highest BCUT2D eigenvalue weighted by atomic mass is 35.5. The molecular weight excluding hydrogens is 405 g/mol. The number of nitrogens with zero attached hydrogens (tertiary/aromatic N) is 5. The number of rotatable bonds is 6. The molecule has 1 aliphatic rings. The van der Waals surface area contributed by atoms with E-state index in [1.165, 1.54) is 16.9 Å². The molecule has 0 radical (unpaired) electrons. The number of aromatic nitrogens is 5. The molecule has 0 amide bonds. The number of carbonyl (C=O) groups excluding carboxylic acids is 1. The molecule has 1 aromatic carbocycles. The number of hydrogen-bond acceptors (Lipinski definition) is 5. The fourth-order valence-electron chi connectivity index (χ4n) is 3.77. The Morgan fingerprint density at radius 1 is 1.10 bits per heavy atom. The van der Waals surface area contributed by atoms with Gasteiger partial charge in [-0.2, -0.15) is 10.2 Å². The summed E-state index contributed by atoms with van der Waals surface area (Å²) in [5, 5.41) is 9.35. The van der Waals surface area contributed by atoms with Crippen LogP contribution in [0.15, 0.2) is 49.1 Å². The van der Waals surface area contributed by atoms with Crippen LogP contribution >= 0.6 is 11.6 Å². The summed E-state index contributed by atoms with van der Waals surface area (Å²) >= 11 is 6.30. The van der Waals surface area contributed by atoms with Crippen molar-refractivity contribution in [3.63, 3.8) is 0 Å². The smallest absolute Gasteiger partial charge is 0.193 e. The Kier molecular flexibility index (Phi) is 4.75. The number of fused-ring (bicyclic) bond motifs is 1. The molecule has 8 heteroatoms. The van der Waals surface area contributed by atoms with Crippen molar-refractivity contribution in [1.82, 2.24) is 25.0 Å². The molecule has 1 saturated carbocycles. The van der Waals surface area contributed by atoms with Gasteiger partial charge in [0.25, 0.3) is 0 Å². The number of benzene rings is 1. The van der Waals surface area contributed by atoms with E-state index in [1.54, 1.807) is 36.9 Å². The summed E-state index contributed by atoms with van der Waals surface area (Å²) in [4.78, 5) is 22.8. The van der Waals surface area contributed by atoms with Crippen molar-refractivity contribution in [3.8, 4) is 5.82 Å². The van der Waals surface area contributed by atoms with Gasteiger partial charge in [0.2, 0.25) is 0 Å². The SMILES string of the molecule is O=C(Cc1cnc(-n2nccn2)c(Cl)c1)Cc1cnc2cc(F)ccc2c1C1CC1. The lowest BCUT2D eigenvalue weighted by atomic mass is 9.95. The van der Waals surface area contributed by atoms with Gasteiger partial charge in [0.05, 0.1) is 22.9 Å². The second-order valence-electron chi connectivity index (χ2n) is 7.49. The Morgan fingerprint density at radius 2 is 1.90 bits per heavy atom. The average Bonchev–Trinajstić information content (AvgIpc) is 3.41. The number of pyridine rings is 2. The minimum absolute atomic E-state index is 0.0444. The Balaban J connectivity index is 1.38. The van der Waals surface area contributed by atoms with Crippen LogP contribution in [0.2, 0.25) is 5.02 Å². The Labute approximate surface area is 176 Å². The van der Waals surface area contributed by atoms with Crippen LogP contribution in [-0.4, -0.2) is 30.7 Å². The van der Waals surface area contributed by atoms with E-state index < -0.39 is 0 Å². The van der Waals surface area contributed by atoms with Gasteiger partial charge in [0.15, 0.2) is 5.82 Å². The maximum atomic E-state index is 13.6. The van der Waals surface area contributed by atoms with Crippen LogP contribution < -0.4 is 0 Å². The van der Waals surface area contributed by atoms with Crippen molar-refractivity contribution in [2.45, 2.75) is 31.6 Å². The molecule has 1 aliphatic carbocycles. The van der Waals surface area contributed by atoms with Gasteiger partial charge in [-0.25, -0.2) is 9.37 Å². The van der Waals surface area contributed by atoms with Crippen molar-refractivity contribution in [1.29, 1.82) is 0 Å². The maximum absolute atomic E-state index is 13.6. The van der Waals surface area contributed by atoms with Crippen molar-refractivity contribution >= 4 is 28.3 Å². The summed E-state index contributed by atoms with van der Waals surface area (Å²) < 4.78 is 13.6. The molecule has 0 aliphatic heterocycles. The van der Waals surface area contributed by atoms with Crippen LogP contribution in [0.25, 0.3) is 16.7 Å². The molecule has 150 valence electrons. The standard InChI is InChI=1S/C22H17ClFN5O/c23-19-8-13(11-26-22(19)29-27-5-6-28-29)7-17(30)9-15-12-25-20-10-16(24)3-4-18(20)21(15)14-1-2-14/h3-6,8,10-12,14H,1-2,7,9H2. The molecule has 0 spiro atoms. The molecule has 0 N–H and O–H groups in total. The van der Waals surface area contributed by atoms with Gasteiger partial charge in [-0.15, -0.1) is 4.80 Å². The van der Waals surface area contributed by atoms with Gasteiger partial charge >= 0.3 is 0 Å². The third-order valence-corrected chi connectivity index (χ3v) is 5.49. The van der Waals surface area contributed by atoms with Crippen molar-refractivity contribution in [2.75, 3.05) is 0 Å². The first kappa shape index (κ1) is 18.8. The number of Topliss-reactive ketones (excluding diaryl/α,β-unsaturated/α-hetero) is 1. The van der Waals surface area contributed by atoms with E-state index >= 15 is 0 Å². The first-order chi connectivity index (χ1) is 14.6. The molecule has 0 saturated heterocycles. The van der Waals surface area contributed by atoms with E-state index in [4.69, 9.17) is 11.6 Å². The molecule has 30 heavy (non-hydrogen) atoms. The zero-order chi connectivity index (χ0) is 20.7. The summed E-state index contributed by atoms with van der Waals surface area (Å²) in [6.45, 7) is 0. The van der Waals surface area contributed by atoms with E-state index in [9.17, 15) is 9.18 Å². The minimum Gasteiger partial charge on any atom is -0.299 e. The molecule has 0 atom stereocenters. The summed E-state index contributed by atoms with van der Waals surface area (Å²) in [6, 6.07) is 6.38. The Bertz CT molecular complexity index is 1250. The van der Waals surface area contributed by atoms with Crippen LogP contribution in [0.1, 0.15) is 35.4 Å². The highest BCUT2D eigenvalue weighted by molar-refractivity contribution is 6.32. The van der Waals surface area contributed by atoms with Gasteiger partial charge < -0.3 is 0 Å². The van der Waals surface area contributed by atoms with E-state index in [0.717, 1.165) is 34.9 Å². The number of halogens is 2. The molecular formula is C22H17ClFN5O. The first-order valence-corrected chi connectivity index (χ1v) is 10.1. The molecule has 5 rings (SSSR count). The van der Waals surface area contributed by atoms with Crippen molar-refractivity contribution in [3.05, 3.63) is 76.6 Å². The van der Waals surface area contributed by atoms with Crippen LogP contribution in [0, 0.1) is 5.82 Å². The van der Waals surface area contributed by atoms with E-state index in [1.807, 2.05) is 0 Å². The zero-order valence-electron chi connectivity index (χ0n) is 15.9. The van der Waals surface area contributed by atoms with E-state index in [0.29, 0.717) is 22.3 Å². The predicted molar refractivity (Wildman–Crippen MR) is 110 cm³/mol. The second-order valence-corrected chi connectivity index (χ2v) is 7.90. The molecule has 3 aromatic heterocycles. The Hall–Kier alpha value is -3.19. The van der Waals surface area contributed by atoms with Gasteiger partial charge in [-0.1, -0.05) is 11.6 Å². The quantitative estimate of drug-likeness (QED) is 0.465. The van der Waals surface area contributed by atoms with E-state index in [-0.39, 0.29) is 24.4 Å². The molecule has 4 aromatic rings. The van der Waals surface area contributed by atoms with Gasteiger partial charge in [-0.3, -0.25) is 9.78 Å². The zero-order valence-corrected chi connectivity index (χ0v) is 16.7. The van der Waals surface area contributed by atoms with Gasteiger partial charge in [0.1, 0.15) is 11.6 Å². The average molecular weight is 422 g/mol. The highest BCUT2D eigenvalue weighted by Crippen LogP contribution is 2.44. The topological polar surface area (TPSA) is 73.6 Å². The lowest BCUT2D eigenvalue weighted by Crippen LogP contribution is -2.10. The largest absolute Gasteiger partial charge is 0.299 e. The first-order valence-electron chi connectivity index (χ1n) is 9.68. The van der Waals surface area contributed by atoms with Crippen LogP contribution in [0.5, 0.6) is 0 Å². The number of carbonyl (C=O) groups is 1. The van der Waals surface area contributed by atoms with Crippen LogP contribution in [0.4, 0.5) is 4.39 Å². The number of hydrogen-bond donors (Lipinski definition) is 0. The third kappa shape index (κ3) is 3.68. The van der Waals surface area contributed by atoms with Crippen LogP contribution in [0.3, 0.4) is 0 Å². The van der Waals surface area contributed by atoms with E-state index in [2.05, 4.69) is 20.2 Å². The lowest BCUT2D eigenvalue weighted by Gasteiger charge is -2.12.